The monoisotopic (exact) mass is 340 g/mol. The summed E-state index contributed by atoms with van der Waals surface area (Å²) in [5, 5.41) is 9.44. The lowest BCUT2D eigenvalue weighted by atomic mass is 9.97. The molecule has 0 bridgehead atoms. The van der Waals surface area contributed by atoms with Crippen molar-refractivity contribution in [1.29, 1.82) is 0 Å². The lowest BCUT2D eigenvalue weighted by Crippen LogP contribution is -2.41. The van der Waals surface area contributed by atoms with Crippen LogP contribution in [0.3, 0.4) is 0 Å². The van der Waals surface area contributed by atoms with E-state index >= 15 is 0 Å². The quantitative estimate of drug-likeness (QED) is 0.856. The molecule has 1 aliphatic heterocycles. The van der Waals surface area contributed by atoms with Gasteiger partial charge in [0.15, 0.2) is 0 Å². The molecule has 1 N–H and O–H groups in total. The first kappa shape index (κ1) is 18.4. The Morgan fingerprint density at radius 2 is 2.00 bits per heavy atom. The van der Waals surface area contributed by atoms with Crippen LogP contribution in [0.4, 0.5) is 0 Å². The third kappa shape index (κ3) is 5.01. The Bertz CT molecular complexity index is 608. The number of sulfonamides is 1. The Kier molecular flexibility index (Phi) is 6.19. The molecule has 0 saturated carbocycles. The van der Waals surface area contributed by atoms with Crippen molar-refractivity contribution in [3.05, 3.63) is 29.8 Å². The molecule has 0 amide bonds. The van der Waals surface area contributed by atoms with Gasteiger partial charge >= 0.3 is 0 Å². The van der Waals surface area contributed by atoms with Crippen LogP contribution in [-0.2, 0) is 10.0 Å². The molecule has 1 fully saturated rings. The summed E-state index contributed by atoms with van der Waals surface area (Å²) in [5.41, 5.74) is 0.950. The van der Waals surface area contributed by atoms with Crippen LogP contribution in [0, 0.1) is 12.8 Å². The number of hydrogen-bond donors (Lipinski definition) is 1. The van der Waals surface area contributed by atoms with Gasteiger partial charge in [0.05, 0.1) is 11.0 Å². The molecule has 0 aliphatic carbocycles. The number of rotatable bonds is 6. The molecule has 6 heteroatoms. The highest BCUT2D eigenvalue weighted by atomic mass is 32.2. The van der Waals surface area contributed by atoms with E-state index in [9.17, 15) is 13.5 Å². The minimum absolute atomic E-state index is 0.309. The molecular weight excluding hydrogens is 312 g/mol. The molecule has 1 atom stereocenters. The van der Waals surface area contributed by atoms with Crippen LogP contribution in [-0.4, -0.2) is 62.1 Å². The summed E-state index contributed by atoms with van der Waals surface area (Å²) in [6.07, 6.45) is 1.64. The molecule has 1 aromatic rings. The summed E-state index contributed by atoms with van der Waals surface area (Å²) in [7, 11) is -1.75. The number of aliphatic hydroxyl groups excluding tert-OH is 1. The van der Waals surface area contributed by atoms with Gasteiger partial charge in [-0.3, -0.25) is 0 Å². The second-order valence-electron chi connectivity index (χ2n) is 6.70. The van der Waals surface area contributed by atoms with Crippen molar-refractivity contribution in [2.45, 2.75) is 37.7 Å². The number of benzene rings is 1. The van der Waals surface area contributed by atoms with E-state index in [1.54, 1.807) is 32.2 Å². The maximum atomic E-state index is 12.7. The topological polar surface area (TPSA) is 60.9 Å². The average molecular weight is 340 g/mol. The second-order valence-corrected chi connectivity index (χ2v) is 8.74. The van der Waals surface area contributed by atoms with Gasteiger partial charge in [-0.2, -0.15) is 0 Å². The third-order valence-corrected chi connectivity index (χ3v) is 6.26. The maximum Gasteiger partial charge on any atom is 0.242 e. The van der Waals surface area contributed by atoms with Crippen molar-refractivity contribution >= 4 is 10.0 Å². The molecule has 1 aromatic carbocycles. The normalized spacial score (nSPS) is 19.2. The molecule has 1 unspecified atom stereocenters. The maximum absolute atomic E-state index is 12.7. The fourth-order valence-electron chi connectivity index (χ4n) is 3.14. The lowest BCUT2D eigenvalue weighted by molar-refractivity contribution is 0.0972. The second kappa shape index (κ2) is 7.75. The summed E-state index contributed by atoms with van der Waals surface area (Å²) in [6.45, 7) is 6.80. The Hall–Kier alpha value is -0.950. The fourth-order valence-corrected chi connectivity index (χ4v) is 4.50. The SMILES string of the molecule is Cc1cccc(S(=O)(=O)N(C)CC2CCN(CC(C)O)CC2)c1. The van der Waals surface area contributed by atoms with Gasteiger partial charge in [0, 0.05) is 20.1 Å². The van der Waals surface area contributed by atoms with Crippen molar-refractivity contribution in [1.82, 2.24) is 9.21 Å². The molecule has 1 aliphatic rings. The van der Waals surface area contributed by atoms with Crippen LogP contribution in [0.15, 0.2) is 29.2 Å². The van der Waals surface area contributed by atoms with E-state index in [1.807, 2.05) is 13.0 Å². The number of nitrogens with zero attached hydrogens (tertiary/aromatic N) is 2. The van der Waals surface area contributed by atoms with Gasteiger partial charge in [-0.25, -0.2) is 12.7 Å². The minimum atomic E-state index is -3.41. The van der Waals surface area contributed by atoms with E-state index < -0.39 is 10.0 Å². The van der Waals surface area contributed by atoms with Crippen molar-refractivity contribution in [3.8, 4) is 0 Å². The van der Waals surface area contributed by atoms with Gasteiger partial charge in [-0.05, 0) is 63.4 Å². The van der Waals surface area contributed by atoms with Crippen LogP contribution in [0.1, 0.15) is 25.3 Å². The van der Waals surface area contributed by atoms with Crippen LogP contribution in [0.5, 0.6) is 0 Å². The molecule has 1 heterocycles. The van der Waals surface area contributed by atoms with Crippen molar-refractivity contribution < 1.29 is 13.5 Å². The standard InChI is InChI=1S/C17H28N2O3S/c1-14-5-4-6-17(11-14)23(21,22)18(3)13-16-7-9-19(10-8-16)12-15(2)20/h4-6,11,15-16,20H,7-10,12-13H2,1-3H3. The van der Waals surface area contributed by atoms with Gasteiger partial charge in [0.1, 0.15) is 0 Å². The average Bonchev–Trinajstić information content (AvgIpc) is 2.48. The molecule has 1 saturated heterocycles. The predicted molar refractivity (Wildman–Crippen MR) is 91.8 cm³/mol. The van der Waals surface area contributed by atoms with Crippen LogP contribution >= 0.6 is 0 Å². The zero-order chi connectivity index (χ0) is 17.0. The summed E-state index contributed by atoms with van der Waals surface area (Å²) < 4.78 is 26.8. The van der Waals surface area contributed by atoms with Crippen LogP contribution in [0.25, 0.3) is 0 Å². The van der Waals surface area contributed by atoms with Gasteiger partial charge in [-0.15, -0.1) is 0 Å². The highest BCUT2D eigenvalue weighted by Crippen LogP contribution is 2.22. The third-order valence-electron chi connectivity index (χ3n) is 4.44. The molecule has 130 valence electrons. The largest absolute Gasteiger partial charge is 0.392 e. The summed E-state index contributed by atoms with van der Waals surface area (Å²) in [4.78, 5) is 2.61. The number of aliphatic hydroxyl groups is 1. The Morgan fingerprint density at radius 3 is 2.57 bits per heavy atom. The summed E-state index contributed by atoms with van der Waals surface area (Å²) in [6, 6.07) is 7.06. The first-order valence-electron chi connectivity index (χ1n) is 8.22. The van der Waals surface area contributed by atoms with Crippen LogP contribution in [0.2, 0.25) is 0 Å². The van der Waals surface area contributed by atoms with E-state index in [1.165, 1.54) is 4.31 Å². The molecular formula is C17H28N2O3S. The number of piperidine rings is 1. The number of likely N-dealkylation sites (tertiary alicyclic amines) is 1. The Labute approximate surface area is 140 Å². The fraction of sp³-hybridized carbons (Fsp3) is 0.647. The van der Waals surface area contributed by atoms with E-state index in [-0.39, 0.29) is 6.10 Å². The number of hydrogen-bond acceptors (Lipinski definition) is 4. The predicted octanol–water partition coefficient (Wildman–Crippen LogP) is 1.71. The smallest absolute Gasteiger partial charge is 0.242 e. The molecule has 0 aromatic heterocycles. The number of aryl methyl sites for hydroxylation is 1. The van der Waals surface area contributed by atoms with Gasteiger partial charge in [0.2, 0.25) is 10.0 Å². The van der Waals surface area contributed by atoms with E-state index in [4.69, 9.17) is 0 Å². The number of β-amino-alcohol motifs (C(OH)–C–C–N with tert-alkyl or cyclic N) is 1. The zero-order valence-corrected chi connectivity index (χ0v) is 15.1. The highest BCUT2D eigenvalue weighted by molar-refractivity contribution is 7.89. The first-order valence-corrected chi connectivity index (χ1v) is 9.66. The summed E-state index contributed by atoms with van der Waals surface area (Å²) in [5.74, 6) is 0.379. The molecule has 0 radical (unpaired) electrons. The minimum Gasteiger partial charge on any atom is -0.392 e. The van der Waals surface area contributed by atoms with E-state index in [0.29, 0.717) is 23.9 Å². The van der Waals surface area contributed by atoms with Crippen molar-refractivity contribution in [2.24, 2.45) is 5.92 Å². The van der Waals surface area contributed by atoms with Gasteiger partial charge in [-0.1, -0.05) is 12.1 Å². The lowest BCUT2D eigenvalue weighted by Gasteiger charge is -2.34. The van der Waals surface area contributed by atoms with E-state index in [2.05, 4.69) is 4.90 Å². The van der Waals surface area contributed by atoms with Crippen LogP contribution < -0.4 is 0 Å². The van der Waals surface area contributed by atoms with Gasteiger partial charge < -0.3 is 10.0 Å². The Balaban J connectivity index is 1.93. The van der Waals surface area contributed by atoms with Crippen molar-refractivity contribution in [3.63, 3.8) is 0 Å². The summed E-state index contributed by atoms with van der Waals surface area (Å²) >= 11 is 0. The Morgan fingerprint density at radius 1 is 1.35 bits per heavy atom. The molecule has 23 heavy (non-hydrogen) atoms. The highest BCUT2D eigenvalue weighted by Gasteiger charge is 2.26. The zero-order valence-electron chi connectivity index (χ0n) is 14.3. The van der Waals surface area contributed by atoms with Crippen molar-refractivity contribution in [2.75, 3.05) is 33.2 Å². The molecule has 2 rings (SSSR count). The van der Waals surface area contributed by atoms with E-state index in [0.717, 1.165) is 31.5 Å². The first-order chi connectivity index (χ1) is 10.8. The molecule has 0 spiro atoms. The van der Waals surface area contributed by atoms with Gasteiger partial charge in [0.25, 0.3) is 0 Å². The molecule has 5 nitrogen and oxygen atoms in total.